The van der Waals surface area contributed by atoms with Crippen LogP contribution >= 0.6 is 23.2 Å². The van der Waals surface area contributed by atoms with E-state index in [-0.39, 0.29) is 17.7 Å². The van der Waals surface area contributed by atoms with Gasteiger partial charge in [-0.3, -0.25) is 0 Å². The van der Waals surface area contributed by atoms with Crippen LogP contribution in [0, 0.1) is 5.41 Å². The number of ether oxygens (including phenoxy) is 2. The summed E-state index contributed by atoms with van der Waals surface area (Å²) in [5.41, 5.74) is 0.936. The topological polar surface area (TPSA) is 77.4 Å². The van der Waals surface area contributed by atoms with Crippen molar-refractivity contribution < 1.29 is 24.2 Å². The lowest BCUT2D eigenvalue weighted by Gasteiger charge is -2.19. The van der Waals surface area contributed by atoms with Gasteiger partial charge < -0.3 is 19.4 Å². The van der Waals surface area contributed by atoms with Crippen molar-refractivity contribution >= 4 is 34.9 Å². The van der Waals surface area contributed by atoms with Gasteiger partial charge in [0, 0.05) is 17.7 Å². The predicted molar refractivity (Wildman–Crippen MR) is 118 cm³/mol. The molecule has 0 atom stereocenters. The summed E-state index contributed by atoms with van der Waals surface area (Å²) in [5, 5.41) is 13.7. The van der Waals surface area contributed by atoms with Crippen LogP contribution in [0.1, 0.15) is 38.3 Å². The maximum absolute atomic E-state index is 11.5. The van der Waals surface area contributed by atoms with Gasteiger partial charge in [-0.1, -0.05) is 73.4 Å². The molecule has 0 amide bonds. The Kier molecular flexibility index (Phi) is 8.38. The number of hydrogen-bond acceptors (Lipinski definition) is 5. The molecule has 0 aliphatic rings. The molecule has 0 aliphatic carbocycles. The number of carboxylic acids is 1. The second kappa shape index (κ2) is 10.5. The molecule has 0 fully saturated rings. The lowest BCUT2D eigenvalue weighted by atomic mass is 9.93. The van der Waals surface area contributed by atoms with Crippen molar-refractivity contribution in [3.63, 3.8) is 0 Å². The molecule has 2 aromatic rings. The number of halogens is 2. The third kappa shape index (κ3) is 6.82. The van der Waals surface area contributed by atoms with Crippen molar-refractivity contribution in [3.05, 3.63) is 57.6 Å². The van der Waals surface area contributed by atoms with Crippen molar-refractivity contribution in [1.29, 1.82) is 0 Å². The fourth-order valence-electron chi connectivity index (χ4n) is 2.55. The van der Waals surface area contributed by atoms with Gasteiger partial charge in [0.15, 0.2) is 11.5 Å². The molecular weight excluding hydrogens is 429 g/mol. The summed E-state index contributed by atoms with van der Waals surface area (Å²) >= 11 is 12.7. The van der Waals surface area contributed by atoms with Gasteiger partial charge in [0.2, 0.25) is 0 Å². The molecule has 2 aromatic carbocycles. The zero-order valence-electron chi connectivity index (χ0n) is 17.4. The van der Waals surface area contributed by atoms with Gasteiger partial charge in [-0.15, -0.1) is 0 Å². The smallest absolute Gasteiger partial charge is 0.358 e. The van der Waals surface area contributed by atoms with E-state index < -0.39 is 5.97 Å². The molecule has 0 unspecified atom stereocenters. The van der Waals surface area contributed by atoms with Gasteiger partial charge in [0.1, 0.15) is 19.5 Å². The second-order valence-electron chi connectivity index (χ2n) is 7.75. The number of nitrogens with zero attached hydrogens (tertiary/aromatic N) is 1. The fraction of sp³-hybridized carbons (Fsp3) is 0.364. The van der Waals surface area contributed by atoms with Crippen LogP contribution in [0.15, 0.2) is 41.6 Å². The van der Waals surface area contributed by atoms with Gasteiger partial charge in [0.05, 0.1) is 16.7 Å². The highest BCUT2D eigenvalue weighted by atomic mass is 35.5. The summed E-state index contributed by atoms with van der Waals surface area (Å²) < 4.78 is 11.6. The minimum atomic E-state index is -1.20. The van der Waals surface area contributed by atoms with E-state index in [0.717, 1.165) is 6.42 Å². The predicted octanol–water partition coefficient (Wildman–Crippen LogP) is 5.82. The molecule has 0 aliphatic heterocycles. The van der Waals surface area contributed by atoms with E-state index in [2.05, 4.69) is 30.8 Å². The van der Waals surface area contributed by atoms with E-state index in [9.17, 15) is 9.90 Å². The molecule has 0 radical (unpaired) electrons. The van der Waals surface area contributed by atoms with E-state index in [1.807, 2.05) is 0 Å². The van der Waals surface area contributed by atoms with Crippen LogP contribution in [0.4, 0.5) is 0 Å². The summed E-state index contributed by atoms with van der Waals surface area (Å²) in [4.78, 5) is 16.1. The Morgan fingerprint density at radius 3 is 2.30 bits per heavy atom. The van der Waals surface area contributed by atoms with E-state index in [4.69, 9.17) is 32.7 Å². The summed E-state index contributed by atoms with van der Waals surface area (Å²) in [6.07, 6.45) is 0.851. The zero-order chi connectivity index (χ0) is 22.3. The van der Waals surface area contributed by atoms with Crippen molar-refractivity contribution in [3.8, 4) is 11.5 Å². The Labute approximate surface area is 186 Å². The Morgan fingerprint density at radius 1 is 1.10 bits per heavy atom. The number of aliphatic carboxylic acids is 1. The summed E-state index contributed by atoms with van der Waals surface area (Å²) in [7, 11) is 1.29. The van der Waals surface area contributed by atoms with Crippen LogP contribution in [0.3, 0.4) is 0 Å². The van der Waals surface area contributed by atoms with Crippen LogP contribution in [-0.4, -0.2) is 30.5 Å². The minimum Gasteiger partial charge on any atom is -0.490 e. The van der Waals surface area contributed by atoms with Crippen molar-refractivity contribution in [1.82, 2.24) is 0 Å². The Hall–Kier alpha value is -2.44. The van der Waals surface area contributed by atoms with Crippen LogP contribution in [0.5, 0.6) is 11.5 Å². The van der Waals surface area contributed by atoms with Crippen LogP contribution < -0.4 is 9.47 Å². The van der Waals surface area contributed by atoms with Gasteiger partial charge in [-0.05, 0) is 17.4 Å². The van der Waals surface area contributed by atoms with Gasteiger partial charge in [-0.2, -0.15) is 0 Å². The number of hydrogen-bond donors (Lipinski definition) is 1. The number of rotatable bonds is 9. The van der Waals surface area contributed by atoms with Crippen LogP contribution in [-0.2, 0) is 16.2 Å². The van der Waals surface area contributed by atoms with Crippen molar-refractivity contribution in [2.45, 2.75) is 33.8 Å². The molecule has 1 N–H and O–H groups in total. The normalized spacial score (nSPS) is 11.9. The van der Waals surface area contributed by atoms with Gasteiger partial charge >= 0.3 is 5.97 Å². The molecule has 0 aromatic heterocycles. The molecule has 0 spiro atoms. The molecule has 2 rings (SSSR count). The summed E-state index contributed by atoms with van der Waals surface area (Å²) in [5.74, 6) is -0.355. The third-order valence-electron chi connectivity index (χ3n) is 4.12. The molecule has 0 saturated heterocycles. The van der Waals surface area contributed by atoms with Gasteiger partial charge in [-0.25, -0.2) is 4.79 Å². The lowest BCUT2D eigenvalue weighted by Crippen LogP contribution is -2.17. The van der Waals surface area contributed by atoms with E-state index in [1.54, 1.807) is 36.4 Å². The quantitative estimate of drug-likeness (QED) is 0.382. The average molecular weight is 454 g/mol. The SMILES string of the molecule is CON=C(C(=O)O)c1ccccc1COc1cc(Cl)c(OCCC(C)(C)C)c(Cl)c1. The Bertz CT molecular complexity index is 899. The maximum Gasteiger partial charge on any atom is 0.358 e. The van der Waals surface area contributed by atoms with E-state index in [1.165, 1.54) is 7.11 Å². The largest absolute Gasteiger partial charge is 0.490 e. The monoisotopic (exact) mass is 453 g/mol. The summed E-state index contributed by atoms with van der Waals surface area (Å²) in [6.45, 7) is 6.96. The van der Waals surface area contributed by atoms with E-state index in [0.29, 0.717) is 39.3 Å². The first-order valence-corrected chi connectivity index (χ1v) is 10.1. The second-order valence-corrected chi connectivity index (χ2v) is 8.56. The zero-order valence-corrected chi connectivity index (χ0v) is 18.9. The fourth-order valence-corrected chi connectivity index (χ4v) is 3.13. The van der Waals surface area contributed by atoms with Gasteiger partial charge in [0.25, 0.3) is 0 Å². The van der Waals surface area contributed by atoms with Crippen LogP contribution in [0.2, 0.25) is 10.0 Å². The molecule has 8 heteroatoms. The molecule has 30 heavy (non-hydrogen) atoms. The number of oxime groups is 1. The molecule has 0 saturated carbocycles. The lowest BCUT2D eigenvalue weighted by molar-refractivity contribution is -0.129. The Balaban J connectivity index is 2.16. The van der Waals surface area contributed by atoms with Crippen molar-refractivity contribution in [2.75, 3.05) is 13.7 Å². The first-order chi connectivity index (χ1) is 14.1. The maximum atomic E-state index is 11.5. The molecular formula is C22H25Cl2NO5. The van der Waals surface area contributed by atoms with Crippen molar-refractivity contribution in [2.24, 2.45) is 10.6 Å². The molecule has 162 valence electrons. The highest BCUT2D eigenvalue weighted by Crippen LogP contribution is 2.37. The highest BCUT2D eigenvalue weighted by molar-refractivity contribution is 6.42. The molecule has 0 heterocycles. The number of benzene rings is 2. The average Bonchev–Trinajstić information content (AvgIpc) is 2.66. The molecule has 0 bridgehead atoms. The first-order valence-electron chi connectivity index (χ1n) is 9.29. The Morgan fingerprint density at radius 2 is 1.73 bits per heavy atom. The number of carboxylic acid groups (broad SMARTS) is 1. The number of carbonyl (C=O) groups is 1. The third-order valence-corrected chi connectivity index (χ3v) is 4.68. The first kappa shape index (κ1) is 23.8. The van der Waals surface area contributed by atoms with E-state index >= 15 is 0 Å². The molecule has 6 nitrogen and oxygen atoms in total. The minimum absolute atomic E-state index is 0.0864. The standard InChI is InChI=1S/C22H25Cl2NO5/c1-22(2,3)9-10-29-20-17(23)11-15(12-18(20)24)30-13-14-7-5-6-8-16(14)19(21(26)27)25-28-4/h5-8,11-12H,9-10,13H2,1-4H3,(H,26,27). The van der Waals surface area contributed by atoms with Crippen LogP contribution in [0.25, 0.3) is 0 Å². The summed E-state index contributed by atoms with van der Waals surface area (Å²) in [6, 6.07) is 10.1. The highest BCUT2D eigenvalue weighted by Gasteiger charge is 2.18.